The molecule has 1 saturated heterocycles. The Morgan fingerprint density at radius 3 is 2.93 bits per heavy atom. The van der Waals surface area contributed by atoms with Gasteiger partial charge in [0.1, 0.15) is 17.0 Å². The molecule has 0 radical (unpaired) electrons. The Morgan fingerprint density at radius 2 is 2.18 bits per heavy atom. The molecule has 28 heavy (non-hydrogen) atoms. The molecule has 0 spiro atoms. The Morgan fingerprint density at radius 1 is 1.36 bits per heavy atom. The number of likely N-dealkylation sites (tertiary alicyclic amines) is 1. The van der Waals surface area contributed by atoms with Gasteiger partial charge in [0.15, 0.2) is 0 Å². The van der Waals surface area contributed by atoms with Gasteiger partial charge in [-0.05, 0) is 25.0 Å². The highest BCUT2D eigenvalue weighted by Gasteiger charge is 2.39. The lowest BCUT2D eigenvalue weighted by Crippen LogP contribution is -2.48. The van der Waals surface area contributed by atoms with Crippen LogP contribution < -0.4 is 4.74 Å². The van der Waals surface area contributed by atoms with Gasteiger partial charge in [0.05, 0.1) is 25.5 Å². The van der Waals surface area contributed by atoms with Crippen molar-refractivity contribution in [2.24, 2.45) is 7.05 Å². The molecule has 1 aliphatic rings. The van der Waals surface area contributed by atoms with Gasteiger partial charge in [-0.15, -0.1) is 0 Å². The second kappa shape index (κ2) is 7.12. The van der Waals surface area contributed by atoms with E-state index in [4.69, 9.17) is 4.74 Å². The molecule has 3 aromatic rings. The van der Waals surface area contributed by atoms with Gasteiger partial charge in [0, 0.05) is 30.9 Å². The van der Waals surface area contributed by atoms with Crippen LogP contribution in [0.4, 0.5) is 0 Å². The molecule has 3 heterocycles. The smallest absolute Gasteiger partial charge is 0.271 e. The molecule has 146 valence electrons. The molecule has 2 aromatic heterocycles. The Labute approximate surface area is 162 Å². The topological polar surface area (TPSA) is 96.3 Å². The van der Waals surface area contributed by atoms with Crippen molar-refractivity contribution in [1.82, 2.24) is 24.9 Å². The first-order valence-electron chi connectivity index (χ1n) is 9.20. The van der Waals surface area contributed by atoms with E-state index in [-0.39, 0.29) is 12.5 Å². The molecule has 0 unspecified atom stereocenters. The number of H-pyrrole nitrogens is 1. The lowest BCUT2D eigenvalue weighted by atomic mass is 9.85. The van der Waals surface area contributed by atoms with Crippen LogP contribution in [0.1, 0.15) is 28.9 Å². The normalized spacial score (nSPS) is 19.6. The molecule has 4 rings (SSSR count). The van der Waals surface area contributed by atoms with Crippen molar-refractivity contribution >= 4 is 5.91 Å². The highest BCUT2D eigenvalue weighted by Crippen LogP contribution is 2.37. The van der Waals surface area contributed by atoms with Gasteiger partial charge in [-0.1, -0.05) is 18.2 Å². The molecule has 0 aliphatic carbocycles. The highest BCUT2D eigenvalue weighted by molar-refractivity contribution is 5.93. The number of methoxy groups -OCH3 is 1. The van der Waals surface area contributed by atoms with E-state index >= 15 is 0 Å². The Kier molecular flexibility index (Phi) is 4.64. The Hall–Kier alpha value is -3.13. The summed E-state index contributed by atoms with van der Waals surface area (Å²) in [4.78, 5) is 14.7. The third-order valence-electron chi connectivity index (χ3n) is 5.18. The predicted octanol–water partition coefficient (Wildman–Crippen LogP) is 1.94. The Balaban J connectivity index is 1.56. The van der Waals surface area contributed by atoms with E-state index in [0.29, 0.717) is 42.1 Å². The standard InChI is InChI=1S/C20H23N5O3/c1-24-12-14(11-21-24)16-10-17(23-22-16)19(26)25-9-5-8-20(27,13-25)15-6-3-4-7-18(15)28-2/h3-4,6-7,10-12,27H,5,8-9,13H2,1-2H3,(H,22,23)/t20-/m1/s1. The van der Waals surface area contributed by atoms with Crippen molar-refractivity contribution < 1.29 is 14.6 Å². The van der Waals surface area contributed by atoms with Gasteiger partial charge in [-0.25, -0.2) is 0 Å². The van der Waals surface area contributed by atoms with E-state index in [9.17, 15) is 9.90 Å². The average Bonchev–Trinajstić information content (AvgIpc) is 3.36. The van der Waals surface area contributed by atoms with E-state index in [2.05, 4.69) is 15.3 Å². The zero-order valence-corrected chi connectivity index (χ0v) is 15.9. The molecule has 2 N–H and O–H groups in total. The number of hydrogen-bond acceptors (Lipinski definition) is 5. The minimum Gasteiger partial charge on any atom is -0.496 e. The number of β-amino-alcohol motifs (C(OH)–C–C–N with tert-alkyl or cyclic N) is 1. The van der Waals surface area contributed by atoms with Crippen LogP contribution in [0.15, 0.2) is 42.7 Å². The summed E-state index contributed by atoms with van der Waals surface area (Å²) in [7, 11) is 3.41. The van der Waals surface area contributed by atoms with Crippen LogP contribution in [0.2, 0.25) is 0 Å². The summed E-state index contributed by atoms with van der Waals surface area (Å²) >= 11 is 0. The van der Waals surface area contributed by atoms with E-state index in [0.717, 1.165) is 5.56 Å². The minimum atomic E-state index is -1.15. The zero-order valence-electron chi connectivity index (χ0n) is 15.9. The number of carbonyl (C=O) groups excluding carboxylic acids is 1. The maximum absolute atomic E-state index is 13.0. The number of nitrogens with zero attached hydrogens (tertiary/aromatic N) is 4. The Bertz CT molecular complexity index is 995. The number of nitrogens with one attached hydrogen (secondary N) is 1. The molecule has 0 bridgehead atoms. The van der Waals surface area contributed by atoms with Gasteiger partial charge in [-0.2, -0.15) is 10.2 Å². The monoisotopic (exact) mass is 381 g/mol. The number of aromatic nitrogens is 4. The number of aromatic amines is 1. The highest BCUT2D eigenvalue weighted by atomic mass is 16.5. The first kappa shape index (κ1) is 18.2. The van der Waals surface area contributed by atoms with Gasteiger partial charge in [-0.3, -0.25) is 14.6 Å². The summed E-state index contributed by atoms with van der Waals surface area (Å²) in [5, 5.41) is 22.5. The zero-order chi connectivity index (χ0) is 19.7. The van der Waals surface area contributed by atoms with Crippen LogP contribution in [0.25, 0.3) is 11.3 Å². The number of aryl methyl sites for hydroxylation is 1. The van der Waals surface area contributed by atoms with Crippen LogP contribution >= 0.6 is 0 Å². The van der Waals surface area contributed by atoms with E-state index in [1.54, 1.807) is 29.0 Å². The fraction of sp³-hybridized carbons (Fsp3) is 0.350. The molecule has 8 heteroatoms. The fourth-order valence-electron chi connectivity index (χ4n) is 3.76. The van der Waals surface area contributed by atoms with Crippen LogP contribution in [0.5, 0.6) is 5.75 Å². The summed E-state index contributed by atoms with van der Waals surface area (Å²) in [5.74, 6) is 0.440. The van der Waals surface area contributed by atoms with Crippen molar-refractivity contribution in [2.45, 2.75) is 18.4 Å². The molecule has 1 fully saturated rings. The number of rotatable bonds is 4. The first-order chi connectivity index (χ1) is 13.5. The number of ether oxygens (including phenoxy) is 1. The van der Waals surface area contributed by atoms with E-state index in [1.165, 1.54) is 0 Å². The van der Waals surface area contributed by atoms with Crippen LogP contribution in [0.3, 0.4) is 0 Å². The molecule has 1 aromatic carbocycles. The molecule has 0 saturated carbocycles. The third-order valence-corrected chi connectivity index (χ3v) is 5.18. The molecule has 1 atom stereocenters. The predicted molar refractivity (Wildman–Crippen MR) is 103 cm³/mol. The van der Waals surface area contributed by atoms with Crippen LogP contribution in [-0.4, -0.2) is 56.1 Å². The number of amides is 1. The van der Waals surface area contributed by atoms with Gasteiger partial charge in [0.2, 0.25) is 0 Å². The number of benzene rings is 1. The fourth-order valence-corrected chi connectivity index (χ4v) is 3.76. The molecular formula is C20H23N5O3. The lowest BCUT2D eigenvalue weighted by molar-refractivity contribution is -0.0304. The average molecular weight is 381 g/mol. The number of aliphatic hydroxyl groups is 1. The van der Waals surface area contributed by atoms with Crippen LogP contribution in [-0.2, 0) is 12.6 Å². The van der Waals surface area contributed by atoms with E-state index < -0.39 is 5.60 Å². The van der Waals surface area contributed by atoms with Crippen molar-refractivity contribution in [3.05, 3.63) is 54.0 Å². The minimum absolute atomic E-state index is 0.185. The molecule has 1 aliphatic heterocycles. The SMILES string of the molecule is COc1ccccc1[C@@]1(O)CCCN(C(=O)c2cc(-c3cnn(C)c3)n[nH]2)C1. The number of para-hydroxylation sites is 1. The maximum atomic E-state index is 13.0. The van der Waals surface area contributed by atoms with Crippen molar-refractivity contribution in [3.63, 3.8) is 0 Å². The number of carbonyl (C=O) groups is 1. The molecule has 8 nitrogen and oxygen atoms in total. The number of hydrogen-bond donors (Lipinski definition) is 2. The number of piperidine rings is 1. The van der Waals surface area contributed by atoms with Gasteiger partial charge < -0.3 is 14.7 Å². The van der Waals surface area contributed by atoms with Crippen molar-refractivity contribution in [1.29, 1.82) is 0 Å². The molecular weight excluding hydrogens is 358 g/mol. The summed E-state index contributed by atoms with van der Waals surface area (Å²) in [5.41, 5.74) is 1.45. The first-order valence-corrected chi connectivity index (χ1v) is 9.20. The van der Waals surface area contributed by atoms with Gasteiger partial charge in [0.25, 0.3) is 5.91 Å². The second-order valence-electron chi connectivity index (χ2n) is 7.13. The van der Waals surface area contributed by atoms with Crippen molar-refractivity contribution in [2.75, 3.05) is 20.2 Å². The third kappa shape index (κ3) is 3.27. The maximum Gasteiger partial charge on any atom is 0.271 e. The lowest BCUT2D eigenvalue weighted by Gasteiger charge is -2.39. The summed E-state index contributed by atoms with van der Waals surface area (Å²) in [6.45, 7) is 0.783. The quantitative estimate of drug-likeness (QED) is 0.720. The largest absolute Gasteiger partial charge is 0.496 e. The van der Waals surface area contributed by atoms with E-state index in [1.807, 2.05) is 37.5 Å². The molecule has 1 amide bonds. The summed E-state index contributed by atoms with van der Waals surface area (Å²) in [6, 6.07) is 9.12. The van der Waals surface area contributed by atoms with Gasteiger partial charge >= 0.3 is 0 Å². The second-order valence-corrected chi connectivity index (χ2v) is 7.13. The van der Waals surface area contributed by atoms with Crippen LogP contribution in [0, 0.1) is 0 Å². The summed E-state index contributed by atoms with van der Waals surface area (Å²) in [6.07, 6.45) is 4.81. The van der Waals surface area contributed by atoms with Crippen molar-refractivity contribution in [3.8, 4) is 17.0 Å². The summed E-state index contributed by atoms with van der Waals surface area (Å²) < 4.78 is 7.09.